The minimum absolute atomic E-state index is 0.0806. The molecule has 2 rings (SSSR count). The molecule has 5 nitrogen and oxygen atoms in total. The van der Waals surface area contributed by atoms with Crippen molar-refractivity contribution in [3.8, 4) is 5.19 Å². The minimum Gasteiger partial charge on any atom is -0.465 e. The summed E-state index contributed by atoms with van der Waals surface area (Å²) >= 11 is 1.43. The third-order valence-corrected chi connectivity index (χ3v) is 4.09. The molecule has 0 unspecified atom stereocenters. The molecule has 1 amide bonds. The van der Waals surface area contributed by atoms with Crippen LogP contribution in [0.15, 0.2) is 29.8 Å². The van der Waals surface area contributed by atoms with Crippen molar-refractivity contribution in [2.24, 2.45) is 5.84 Å². The largest absolute Gasteiger partial charge is 0.465 e. The van der Waals surface area contributed by atoms with Crippen molar-refractivity contribution in [1.82, 2.24) is 4.98 Å². The van der Waals surface area contributed by atoms with Crippen molar-refractivity contribution >= 4 is 30.8 Å². The highest BCUT2D eigenvalue weighted by Crippen LogP contribution is 2.25. The van der Waals surface area contributed by atoms with Gasteiger partial charge in [0.1, 0.15) is 14.5 Å². The van der Waals surface area contributed by atoms with E-state index < -0.39 is 0 Å². The molecule has 2 N–H and O–H groups in total. The molecule has 7 heteroatoms. The highest BCUT2D eigenvalue weighted by atomic mass is 32.1. The third-order valence-electron chi connectivity index (χ3n) is 3.41. The number of nitrogens with zero attached hydrogens (tertiary/aromatic N) is 2. The number of amides is 1. The van der Waals surface area contributed by atoms with E-state index in [-0.39, 0.29) is 5.91 Å². The average molecular weight is 317 g/mol. The van der Waals surface area contributed by atoms with Gasteiger partial charge >= 0.3 is 0 Å². The van der Waals surface area contributed by atoms with Crippen molar-refractivity contribution in [1.29, 1.82) is 0 Å². The van der Waals surface area contributed by atoms with Crippen LogP contribution < -0.4 is 15.6 Å². The molecule has 116 valence electrons. The molecule has 22 heavy (non-hydrogen) atoms. The van der Waals surface area contributed by atoms with Gasteiger partial charge in [-0.25, -0.2) is 15.8 Å². The molecule has 1 heterocycles. The lowest BCUT2D eigenvalue weighted by atomic mass is 10.00. The molecule has 0 aliphatic carbocycles. The summed E-state index contributed by atoms with van der Waals surface area (Å²) in [6, 6.07) is 5.72. The Morgan fingerprint density at radius 3 is 3.00 bits per heavy atom. The Bertz CT molecular complexity index is 619. The fraction of sp³-hybridized carbons (Fsp3) is 0.333. The van der Waals surface area contributed by atoms with E-state index in [1.807, 2.05) is 38.3 Å². The van der Waals surface area contributed by atoms with Gasteiger partial charge in [0.15, 0.2) is 0 Å². The van der Waals surface area contributed by atoms with Gasteiger partial charge < -0.3 is 4.74 Å². The first-order valence-electron chi connectivity index (χ1n) is 7.32. The molecule has 0 saturated carbocycles. The van der Waals surface area contributed by atoms with Gasteiger partial charge in [0.2, 0.25) is 5.91 Å². The molecule has 0 saturated heterocycles. The molecule has 1 aromatic heterocycles. The van der Waals surface area contributed by atoms with E-state index in [1.165, 1.54) is 16.3 Å². The van der Waals surface area contributed by atoms with Gasteiger partial charge in [-0.15, -0.1) is 0 Å². The van der Waals surface area contributed by atoms with Gasteiger partial charge in [0, 0.05) is 23.6 Å². The number of aryl methyl sites for hydroxylation is 1. The van der Waals surface area contributed by atoms with Gasteiger partial charge in [-0.2, -0.15) is 0 Å². The predicted octanol–water partition coefficient (Wildman–Crippen LogP) is 2.07. The summed E-state index contributed by atoms with van der Waals surface area (Å²) in [4.78, 5) is 16.2. The van der Waals surface area contributed by atoms with E-state index in [0.29, 0.717) is 23.9 Å². The maximum Gasteiger partial charge on any atom is 0.273 e. The number of thiazole rings is 1. The van der Waals surface area contributed by atoms with Crippen LogP contribution in [0.1, 0.15) is 24.0 Å². The first-order chi connectivity index (χ1) is 10.6. The van der Waals surface area contributed by atoms with Crippen LogP contribution in [0.3, 0.4) is 0 Å². The molecule has 0 spiro atoms. The normalized spacial score (nSPS) is 10.5. The van der Waals surface area contributed by atoms with Crippen molar-refractivity contribution in [3.63, 3.8) is 0 Å². The highest BCUT2D eigenvalue weighted by Gasteiger charge is 2.17. The lowest BCUT2D eigenvalue weighted by Gasteiger charge is -2.21. The fourth-order valence-electron chi connectivity index (χ4n) is 2.10. The predicted molar refractivity (Wildman–Crippen MR) is 91.9 cm³/mol. The van der Waals surface area contributed by atoms with E-state index >= 15 is 0 Å². The van der Waals surface area contributed by atoms with Gasteiger partial charge in [0.25, 0.3) is 5.19 Å². The van der Waals surface area contributed by atoms with Gasteiger partial charge in [-0.05, 0) is 18.6 Å². The van der Waals surface area contributed by atoms with Gasteiger partial charge in [-0.1, -0.05) is 36.2 Å². The fourth-order valence-corrected chi connectivity index (χ4v) is 2.59. The van der Waals surface area contributed by atoms with E-state index in [9.17, 15) is 4.79 Å². The summed E-state index contributed by atoms with van der Waals surface area (Å²) < 4.78 is 5.68. The zero-order chi connectivity index (χ0) is 15.9. The number of aromatic nitrogens is 1. The summed E-state index contributed by atoms with van der Waals surface area (Å²) in [6.07, 6.45) is 3.95. The average Bonchev–Trinajstić information content (AvgIpc) is 3.03. The number of carbonyl (C=O) groups is 1. The molecule has 0 fully saturated rings. The lowest BCUT2D eigenvalue weighted by molar-refractivity contribution is -0.118. The zero-order valence-corrected chi connectivity index (χ0v) is 13.7. The minimum atomic E-state index is -0.0806. The monoisotopic (exact) mass is 317 g/mol. The topological polar surface area (TPSA) is 68.5 Å². The van der Waals surface area contributed by atoms with Crippen LogP contribution in [0.4, 0.5) is 5.69 Å². The van der Waals surface area contributed by atoms with Gasteiger partial charge in [-0.3, -0.25) is 4.79 Å². The number of ether oxygens (including phenoxy) is 1. The summed E-state index contributed by atoms with van der Waals surface area (Å²) in [6.45, 7) is 2.32. The second-order valence-electron chi connectivity index (χ2n) is 5.03. The second kappa shape index (κ2) is 7.96. The van der Waals surface area contributed by atoms with Crippen molar-refractivity contribution in [3.05, 3.63) is 40.9 Å². The van der Waals surface area contributed by atoms with E-state index in [0.717, 1.165) is 23.9 Å². The lowest BCUT2D eigenvalue weighted by Crippen LogP contribution is -2.38. The second-order valence-corrected chi connectivity index (χ2v) is 5.88. The molecule has 0 radical (unpaired) electrons. The first kappa shape index (κ1) is 16.5. The Kier molecular flexibility index (Phi) is 5.97. The van der Waals surface area contributed by atoms with Crippen LogP contribution in [-0.2, 0) is 11.4 Å². The van der Waals surface area contributed by atoms with Crippen LogP contribution in [0.2, 0.25) is 6.32 Å². The Morgan fingerprint density at radius 2 is 2.32 bits per heavy atom. The van der Waals surface area contributed by atoms with E-state index in [1.54, 1.807) is 6.20 Å². The standard InChI is InChI=1S/C15H20BN3O2S/c1-11-4-2-5-13(19(17)14(20)6-3-7-16)12(11)10-21-15-18-8-9-22-15/h2,4-5,8-9H,3,6-7,10,16-17H2,1H3. The summed E-state index contributed by atoms with van der Waals surface area (Å²) in [5.41, 5.74) is 2.63. The number of anilines is 1. The molecule has 2 aromatic rings. The quantitative estimate of drug-likeness (QED) is 0.367. The summed E-state index contributed by atoms with van der Waals surface area (Å²) in [7, 11) is 2.05. The first-order valence-corrected chi connectivity index (χ1v) is 8.20. The SMILES string of the molecule is BCCCC(=O)N(N)c1cccc(C)c1COc1nccs1. The number of rotatable bonds is 7. The number of carbonyl (C=O) groups excluding carboxylic acids is 1. The molecule has 0 aliphatic rings. The summed E-state index contributed by atoms with van der Waals surface area (Å²) in [5, 5.41) is 3.70. The molecule has 0 atom stereocenters. The third kappa shape index (κ3) is 4.08. The molecular weight excluding hydrogens is 297 g/mol. The molecule has 0 bridgehead atoms. The van der Waals surface area contributed by atoms with Crippen LogP contribution in [-0.4, -0.2) is 18.7 Å². The van der Waals surface area contributed by atoms with Crippen LogP contribution in [0, 0.1) is 6.92 Å². The summed E-state index contributed by atoms with van der Waals surface area (Å²) in [5.74, 6) is 5.93. The van der Waals surface area contributed by atoms with Crippen LogP contribution >= 0.6 is 11.3 Å². The Hall–Kier alpha value is -1.86. The maximum absolute atomic E-state index is 12.1. The van der Waals surface area contributed by atoms with E-state index in [4.69, 9.17) is 10.6 Å². The molecule has 1 aromatic carbocycles. The number of benzene rings is 1. The Morgan fingerprint density at radius 1 is 1.50 bits per heavy atom. The smallest absolute Gasteiger partial charge is 0.273 e. The maximum atomic E-state index is 12.1. The highest BCUT2D eigenvalue weighted by molar-refractivity contribution is 7.11. The van der Waals surface area contributed by atoms with Crippen molar-refractivity contribution in [2.75, 3.05) is 5.01 Å². The number of nitrogens with two attached hydrogens (primary N) is 1. The molecule has 0 aliphatic heterocycles. The van der Waals surface area contributed by atoms with Crippen LogP contribution in [0.25, 0.3) is 0 Å². The Balaban J connectivity index is 2.16. The zero-order valence-electron chi connectivity index (χ0n) is 12.9. The number of hydrogen-bond acceptors (Lipinski definition) is 5. The van der Waals surface area contributed by atoms with Crippen LogP contribution in [0.5, 0.6) is 5.19 Å². The Labute approximate surface area is 135 Å². The van der Waals surface area contributed by atoms with Crippen molar-refractivity contribution < 1.29 is 9.53 Å². The molecular formula is C15H20BN3O2S. The van der Waals surface area contributed by atoms with E-state index in [2.05, 4.69) is 4.98 Å². The van der Waals surface area contributed by atoms with Crippen molar-refractivity contribution in [2.45, 2.75) is 32.7 Å². The number of hydrogen-bond donors (Lipinski definition) is 1. The van der Waals surface area contributed by atoms with Gasteiger partial charge in [0.05, 0.1) is 5.69 Å². The number of hydrazine groups is 1.